The van der Waals surface area contributed by atoms with Gasteiger partial charge in [-0.05, 0) is 19.1 Å². The van der Waals surface area contributed by atoms with Crippen LogP contribution in [0.2, 0.25) is 0 Å². The molecule has 1 amide bonds. The van der Waals surface area contributed by atoms with Gasteiger partial charge in [-0.15, -0.1) is 0 Å². The molecule has 0 fully saturated rings. The Morgan fingerprint density at radius 1 is 1.00 bits per heavy atom. The second kappa shape index (κ2) is 8.30. The molecule has 25 heavy (non-hydrogen) atoms. The number of carbonyl (C=O) groups is 2. The minimum Gasteiger partial charge on any atom is -0.497 e. The predicted molar refractivity (Wildman–Crippen MR) is 94.9 cm³/mol. The molecule has 0 aliphatic carbocycles. The maximum absolute atomic E-state index is 12.5. The van der Waals surface area contributed by atoms with Gasteiger partial charge in [-0.2, -0.15) is 0 Å². The number of Topliss-reactive ketones (excluding diaryl/α,β-unsaturated/α-hetero) is 1. The molecular weight excluding hydrogens is 322 g/mol. The summed E-state index contributed by atoms with van der Waals surface area (Å²) in [6, 6.07) is 10.3. The maximum atomic E-state index is 12.5. The molecule has 0 unspecified atom stereocenters. The van der Waals surface area contributed by atoms with Crippen LogP contribution in [0.25, 0.3) is 0 Å². The first-order valence-electron chi connectivity index (χ1n) is 7.66. The van der Waals surface area contributed by atoms with Crippen LogP contribution in [0.5, 0.6) is 11.5 Å². The number of nitrogens with one attached hydrogen (secondary N) is 1. The van der Waals surface area contributed by atoms with Crippen molar-refractivity contribution >= 4 is 17.4 Å². The number of carbonyl (C=O) groups excluding carboxylic acids is 2. The lowest BCUT2D eigenvalue weighted by atomic mass is 10.1. The number of methoxy groups -OCH3 is 3. The SMILES string of the molecule is COCC(=O)c1c(NC(=O)c2ccc(C)cc2)cc(OC)cc1OC. The molecule has 6 nitrogen and oxygen atoms in total. The summed E-state index contributed by atoms with van der Waals surface area (Å²) in [6.45, 7) is 1.81. The Morgan fingerprint density at radius 3 is 2.24 bits per heavy atom. The van der Waals surface area contributed by atoms with Gasteiger partial charge < -0.3 is 19.5 Å². The molecule has 0 radical (unpaired) electrons. The maximum Gasteiger partial charge on any atom is 0.255 e. The average Bonchev–Trinajstić information content (AvgIpc) is 2.61. The monoisotopic (exact) mass is 343 g/mol. The highest BCUT2D eigenvalue weighted by Gasteiger charge is 2.21. The molecule has 0 aliphatic rings. The van der Waals surface area contributed by atoms with Gasteiger partial charge in [-0.1, -0.05) is 17.7 Å². The summed E-state index contributed by atoms with van der Waals surface area (Å²) in [5, 5.41) is 2.76. The molecule has 2 aromatic carbocycles. The molecule has 2 rings (SSSR count). The van der Waals surface area contributed by atoms with E-state index in [4.69, 9.17) is 14.2 Å². The molecule has 0 atom stereocenters. The van der Waals surface area contributed by atoms with E-state index in [2.05, 4.69) is 5.32 Å². The number of aryl methyl sites for hydroxylation is 1. The molecule has 0 heterocycles. The van der Waals surface area contributed by atoms with Gasteiger partial charge in [0.15, 0.2) is 5.78 Å². The predicted octanol–water partition coefficient (Wildman–Crippen LogP) is 3.09. The van der Waals surface area contributed by atoms with Crippen LogP contribution >= 0.6 is 0 Å². The van der Waals surface area contributed by atoms with Crippen molar-refractivity contribution in [1.29, 1.82) is 0 Å². The zero-order valence-corrected chi connectivity index (χ0v) is 14.7. The molecule has 0 aliphatic heterocycles. The van der Waals surface area contributed by atoms with Crippen LogP contribution < -0.4 is 14.8 Å². The Kier molecular flexibility index (Phi) is 6.14. The van der Waals surface area contributed by atoms with Crippen LogP contribution in [-0.2, 0) is 4.74 Å². The van der Waals surface area contributed by atoms with E-state index in [1.54, 1.807) is 24.3 Å². The Morgan fingerprint density at radius 2 is 1.68 bits per heavy atom. The molecule has 0 spiro atoms. The van der Waals surface area contributed by atoms with Crippen molar-refractivity contribution in [3.05, 3.63) is 53.1 Å². The lowest BCUT2D eigenvalue weighted by Crippen LogP contribution is -2.17. The topological polar surface area (TPSA) is 73.9 Å². The smallest absolute Gasteiger partial charge is 0.255 e. The molecule has 0 bridgehead atoms. The summed E-state index contributed by atoms with van der Waals surface area (Å²) in [6.07, 6.45) is 0. The number of anilines is 1. The summed E-state index contributed by atoms with van der Waals surface area (Å²) in [5.41, 5.74) is 2.09. The van der Waals surface area contributed by atoms with Crippen molar-refractivity contribution < 1.29 is 23.8 Å². The Bertz CT molecular complexity index is 768. The largest absolute Gasteiger partial charge is 0.497 e. The lowest BCUT2D eigenvalue weighted by Gasteiger charge is -2.16. The summed E-state index contributed by atoms with van der Waals surface area (Å²) in [4.78, 5) is 24.9. The highest BCUT2D eigenvalue weighted by atomic mass is 16.5. The van der Waals surface area contributed by atoms with E-state index in [0.717, 1.165) is 5.56 Å². The summed E-state index contributed by atoms with van der Waals surface area (Å²) in [7, 11) is 4.37. The van der Waals surface area contributed by atoms with Crippen LogP contribution in [-0.4, -0.2) is 39.6 Å². The van der Waals surface area contributed by atoms with Crippen molar-refractivity contribution in [1.82, 2.24) is 0 Å². The van der Waals surface area contributed by atoms with Gasteiger partial charge in [0.25, 0.3) is 5.91 Å². The van der Waals surface area contributed by atoms with Gasteiger partial charge in [0.2, 0.25) is 0 Å². The molecule has 0 saturated carbocycles. The first-order valence-corrected chi connectivity index (χ1v) is 7.66. The number of rotatable bonds is 7. The highest BCUT2D eigenvalue weighted by molar-refractivity contribution is 6.11. The number of hydrogen-bond acceptors (Lipinski definition) is 5. The van der Waals surface area contributed by atoms with E-state index in [1.165, 1.54) is 21.3 Å². The first-order chi connectivity index (χ1) is 12.0. The van der Waals surface area contributed by atoms with E-state index in [-0.39, 0.29) is 23.9 Å². The van der Waals surface area contributed by atoms with E-state index < -0.39 is 0 Å². The Hall–Kier alpha value is -2.86. The fourth-order valence-corrected chi connectivity index (χ4v) is 2.36. The quantitative estimate of drug-likeness (QED) is 0.782. The Labute approximate surface area is 146 Å². The highest BCUT2D eigenvalue weighted by Crippen LogP contribution is 2.33. The second-order valence-electron chi connectivity index (χ2n) is 5.43. The number of ketones is 1. The van der Waals surface area contributed by atoms with Crippen LogP contribution in [0.1, 0.15) is 26.3 Å². The fraction of sp³-hybridized carbons (Fsp3) is 0.263. The molecule has 132 valence electrons. The van der Waals surface area contributed by atoms with Gasteiger partial charge in [0, 0.05) is 24.8 Å². The molecule has 1 N–H and O–H groups in total. The molecular formula is C19H21NO5. The number of hydrogen-bond donors (Lipinski definition) is 1. The summed E-state index contributed by atoms with van der Waals surface area (Å²) < 4.78 is 15.4. The van der Waals surface area contributed by atoms with Gasteiger partial charge >= 0.3 is 0 Å². The second-order valence-corrected chi connectivity index (χ2v) is 5.43. The van der Waals surface area contributed by atoms with Gasteiger partial charge in [0.1, 0.15) is 18.1 Å². The third-order valence-electron chi connectivity index (χ3n) is 3.65. The lowest BCUT2D eigenvalue weighted by molar-refractivity contribution is 0.0846. The van der Waals surface area contributed by atoms with Gasteiger partial charge in [-0.25, -0.2) is 0 Å². The van der Waals surface area contributed by atoms with Crippen LogP contribution in [0.15, 0.2) is 36.4 Å². The van der Waals surface area contributed by atoms with Crippen molar-refractivity contribution in [3.8, 4) is 11.5 Å². The first kappa shape index (κ1) is 18.5. The third kappa shape index (κ3) is 4.36. The van der Waals surface area contributed by atoms with Crippen molar-refractivity contribution in [2.75, 3.05) is 33.3 Å². The number of amides is 1. The standard InChI is InChI=1S/C19H21NO5/c1-12-5-7-13(8-6-12)19(22)20-15-9-14(24-3)10-17(25-4)18(15)16(21)11-23-2/h5-10H,11H2,1-4H3,(H,20,22). The summed E-state index contributed by atoms with van der Waals surface area (Å²) in [5.74, 6) is 0.133. The zero-order chi connectivity index (χ0) is 18.4. The van der Waals surface area contributed by atoms with Gasteiger partial charge in [-0.3, -0.25) is 9.59 Å². The van der Waals surface area contributed by atoms with Crippen molar-refractivity contribution in [2.24, 2.45) is 0 Å². The average molecular weight is 343 g/mol. The number of ether oxygens (including phenoxy) is 3. The zero-order valence-electron chi connectivity index (χ0n) is 14.7. The van der Waals surface area contributed by atoms with E-state index in [0.29, 0.717) is 22.7 Å². The Balaban J connectivity index is 2.44. The number of benzene rings is 2. The molecule has 2 aromatic rings. The van der Waals surface area contributed by atoms with Gasteiger partial charge in [0.05, 0.1) is 25.5 Å². The van der Waals surface area contributed by atoms with Crippen LogP contribution in [0.4, 0.5) is 5.69 Å². The van der Waals surface area contributed by atoms with Crippen LogP contribution in [0.3, 0.4) is 0 Å². The molecule has 6 heteroatoms. The minimum absolute atomic E-state index is 0.129. The van der Waals surface area contributed by atoms with Crippen LogP contribution in [0, 0.1) is 6.92 Å². The van der Waals surface area contributed by atoms with E-state index in [9.17, 15) is 9.59 Å². The third-order valence-corrected chi connectivity index (χ3v) is 3.65. The molecule has 0 saturated heterocycles. The van der Waals surface area contributed by atoms with Crippen molar-refractivity contribution in [2.45, 2.75) is 6.92 Å². The van der Waals surface area contributed by atoms with Crippen molar-refractivity contribution in [3.63, 3.8) is 0 Å². The van der Waals surface area contributed by atoms with E-state index in [1.807, 2.05) is 19.1 Å². The normalized spacial score (nSPS) is 10.2. The van der Waals surface area contributed by atoms with E-state index >= 15 is 0 Å². The summed E-state index contributed by atoms with van der Waals surface area (Å²) >= 11 is 0. The minimum atomic E-state index is -0.332. The fourth-order valence-electron chi connectivity index (χ4n) is 2.36. The molecule has 0 aromatic heterocycles.